The molecule has 28 heavy (non-hydrogen) atoms. The first kappa shape index (κ1) is 19.9. The first-order chi connectivity index (χ1) is 13.4. The molecule has 4 nitrogen and oxygen atoms in total. The molecule has 148 valence electrons. The van der Waals surface area contributed by atoms with Crippen LogP contribution in [0.15, 0.2) is 60.7 Å². The summed E-state index contributed by atoms with van der Waals surface area (Å²) >= 11 is 0. The fourth-order valence-corrected chi connectivity index (χ4v) is 3.07. The number of nitrogens with one attached hydrogen (secondary N) is 1. The molecule has 0 aliphatic carbocycles. The van der Waals surface area contributed by atoms with E-state index in [4.69, 9.17) is 0 Å². The van der Waals surface area contributed by atoms with Gasteiger partial charge < -0.3 is 10.2 Å². The van der Waals surface area contributed by atoms with Gasteiger partial charge in [-0.05, 0) is 17.7 Å². The van der Waals surface area contributed by atoms with Gasteiger partial charge >= 0.3 is 12.2 Å². The average Bonchev–Trinajstić information content (AvgIpc) is 2.69. The lowest BCUT2D eigenvalue weighted by molar-refractivity contribution is -0.136. The largest absolute Gasteiger partial charge is 0.418 e. The van der Waals surface area contributed by atoms with Crippen molar-refractivity contribution in [1.82, 2.24) is 9.80 Å². The maximum absolute atomic E-state index is 13.1. The summed E-state index contributed by atoms with van der Waals surface area (Å²) in [5.74, 6) is 0. The molecule has 1 saturated heterocycles. The summed E-state index contributed by atoms with van der Waals surface area (Å²) in [5.41, 5.74) is 0.0742. The molecule has 2 aromatic carbocycles. The van der Waals surface area contributed by atoms with Gasteiger partial charge in [-0.3, -0.25) is 4.90 Å². The van der Waals surface area contributed by atoms with Crippen molar-refractivity contribution >= 4 is 17.8 Å². The maximum atomic E-state index is 13.1. The number of carbonyl (C=O) groups is 1. The Morgan fingerprint density at radius 3 is 2.29 bits per heavy atom. The molecule has 0 unspecified atom stereocenters. The highest BCUT2D eigenvalue weighted by Gasteiger charge is 2.34. The number of amides is 2. The lowest BCUT2D eigenvalue weighted by Crippen LogP contribution is -2.50. The minimum absolute atomic E-state index is 0.215. The van der Waals surface area contributed by atoms with E-state index in [-0.39, 0.29) is 5.69 Å². The van der Waals surface area contributed by atoms with Gasteiger partial charge in [0.1, 0.15) is 0 Å². The van der Waals surface area contributed by atoms with Crippen LogP contribution in [0.25, 0.3) is 6.08 Å². The van der Waals surface area contributed by atoms with Crippen LogP contribution in [0.1, 0.15) is 11.1 Å². The number of urea groups is 1. The van der Waals surface area contributed by atoms with Crippen LogP contribution in [0, 0.1) is 0 Å². The zero-order valence-corrected chi connectivity index (χ0v) is 15.3. The molecule has 0 aromatic heterocycles. The molecule has 1 N–H and O–H groups in total. The number of hydrogen-bond acceptors (Lipinski definition) is 2. The maximum Gasteiger partial charge on any atom is 0.418 e. The van der Waals surface area contributed by atoms with E-state index in [1.54, 1.807) is 4.90 Å². The zero-order valence-electron chi connectivity index (χ0n) is 15.3. The molecule has 0 radical (unpaired) electrons. The van der Waals surface area contributed by atoms with Crippen LogP contribution >= 0.6 is 0 Å². The molecule has 0 atom stereocenters. The molecule has 7 heteroatoms. The first-order valence-corrected chi connectivity index (χ1v) is 9.09. The second-order valence-corrected chi connectivity index (χ2v) is 6.57. The molecule has 0 bridgehead atoms. The van der Waals surface area contributed by atoms with Crippen LogP contribution in [-0.2, 0) is 6.18 Å². The summed E-state index contributed by atoms with van der Waals surface area (Å²) in [6.45, 7) is 3.06. The van der Waals surface area contributed by atoms with E-state index >= 15 is 0 Å². The van der Waals surface area contributed by atoms with Gasteiger partial charge in [0.05, 0.1) is 11.3 Å². The molecule has 1 heterocycles. The lowest BCUT2D eigenvalue weighted by atomic mass is 10.1. The Labute approximate surface area is 162 Å². The summed E-state index contributed by atoms with van der Waals surface area (Å²) in [6, 6.07) is 14.5. The number of carbonyl (C=O) groups excluding carboxylic acids is 1. The van der Waals surface area contributed by atoms with E-state index in [1.165, 1.54) is 18.2 Å². The smallest absolute Gasteiger partial charge is 0.322 e. The van der Waals surface area contributed by atoms with Gasteiger partial charge in [-0.25, -0.2) is 4.79 Å². The molecule has 1 fully saturated rings. The van der Waals surface area contributed by atoms with Gasteiger partial charge in [0.2, 0.25) is 0 Å². The molecular formula is C21H22F3N3O. The van der Waals surface area contributed by atoms with Crippen LogP contribution in [0.3, 0.4) is 0 Å². The van der Waals surface area contributed by atoms with E-state index in [1.807, 2.05) is 36.4 Å². The molecule has 2 aromatic rings. The lowest BCUT2D eigenvalue weighted by Gasteiger charge is -2.34. The van der Waals surface area contributed by atoms with Crippen LogP contribution in [-0.4, -0.2) is 48.6 Å². The van der Waals surface area contributed by atoms with E-state index in [0.29, 0.717) is 26.2 Å². The van der Waals surface area contributed by atoms with Crippen molar-refractivity contribution in [2.75, 3.05) is 38.0 Å². The zero-order chi connectivity index (χ0) is 20.0. The van der Waals surface area contributed by atoms with E-state index in [9.17, 15) is 18.0 Å². The van der Waals surface area contributed by atoms with Crippen molar-refractivity contribution < 1.29 is 18.0 Å². The molecule has 2 amide bonds. The molecule has 3 rings (SSSR count). The van der Waals surface area contributed by atoms with Crippen molar-refractivity contribution in [3.63, 3.8) is 0 Å². The minimum Gasteiger partial charge on any atom is -0.322 e. The Kier molecular flexibility index (Phi) is 6.36. The van der Waals surface area contributed by atoms with Gasteiger partial charge in [-0.15, -0.1) is 0 Å². The Hall–Kier alpha value is -2.80. The number of nitrogens with zero attached hydrogens (tertiary/aromatic N) is 2. The summed E-state index contributed by atoms with van der Waals surface area (Å²) < 4.78 is 39.2. The van der Waals surface area contributed by atoms with E-state index in [2.05, 4.69) is 16.3 Å². The highest BCUT2D eigenvalue weighted by Crippen LogP contribution is 2.34. The molecule has 1 aliphatic rings. The van der Waals surface area contributed by atoms with E-state index in [0.717, 1.165) is 18.2 Å². The van der Waals surface area contributed by atoms with Crippen molar-refractivity contribution in [2.24, 2.45) is 0 Å². The van der Waals surface area contributed by atoms with Crippen molar-refractivity contribution in [3.05, 3.63) is 71.8 Å². The topological polar surface area (TPSA) is 35.6 Å². The second kappa shape index (κ2) is 8.93. The third-order valence-electron chi connectivity index (χ3n) is 4.61. The first-order valence-electron chi connectivity index (χ1n) is 9.09. The highest BCUT2D eigenvalue weighted by atomic mass is 19.4. The predicted molar refractivity (Wildman–Crippen MR) is 104 cm³/mol. The van der Waals surface area contributed by atoms with Crippen molar-refractivity contribution in [2.45, 2.75) is 6.18 Å². The Bertz CT molecular complexity index is 813. The fourth-order valence-electron chi connectivity index (χ4n) is 3.07. The van der Waals surface area contributed by atoms with Gasteiger partial charge in [0.15, 0.2) is 0 Å². The van der Waals surface area contributed by atoms with Crippen LogP contribution in [0.5, 0.6) is 0 Å². The number of rotatable bonds is 4. The van der Waals surface area contributed by atoms with Gasteiger partial charge in [-0.1, -0.05) is 54.6 Å². The fraction of sp³-hybridized carbons (Fsp3) is 0.286. The minimum atomic E-state index is -4.51. The number of alkyl halides is 3. The Morgan fingerprint density at radius 1 is 0.964 bits per heavy atom. The van der Waals surface area contributed by atoms with Gasteiger partial charge in [0, 0.05) is 32.7 Å². The monoisotopic (exact) mass is 389 g/mol. The van der Waals surface area contributed by atoms with Crippen LogP contribution < -0.4 is 5.32 Å². The predicted octanol–water partition coefficient (Wildman–Crippen LogP) is 4.57. The third-order valence-corrected chi connectivity index (χ3v) is 4.61. The third kappa shape index (κ3) is 5.36. The van der Waals surface area contributed by atoms with Crippen LogP contribution in [0.4, 0.5) is 23.7 Å². The Morgan fingerprint density at radius 2 is 1.61 bits per heavy atom. The normalized spacial score (nSPS) is 15.8. The summed E-state index contributed by atoms with van der Waals surface area (Å²) in [7, 11) is 0. The van der Waals surface area contributed by atoms with Crippen LogP contribution in [0.2, 0.25) is 0 Å². The number of piperazine rings is 1. The quantitative estimate of drug-likeness (QED) is 0.832. The van der Waals surface area contributed by atoms with Gasteiger partial charge in [-0.2, -0.15) is 13.2 Å². The number of benzene rings is 2. The average molecular weight is 389 g/mol. The van der Waals surface area contributed by atoms with E-state index < -0.39 is 17.8 Å². The van der Waals surface area contributed by atoms with Crippen molar-refractivity contribution in [3.8, 4) is 0 Å². The number of anilines is 1. The molecule has 0 spiro atoms. The SMILES string of the molecule is O=C(Nc1ccccc1C(F)(F)F)N1CCN(CC=Cc2ccccc2)CC1. The number of para-hydroxylation sites is 1. The molecular weight excluding hydrogens is 367 g/mol. The second-order valence-electron chi connectivity index (χ2n) is 6.57. The summed E-state index contributed by atoms with van der Waals surface area (Å²) in [6.07, 6.45) is -0.383. The number of hydrogen-bond donors (Lipinski definition) is 1. The standard InChI is InChI=1S/C21H22F3N3O/c22-21(23,24)18-10-4-5-11-19(18)25-20(28)27-15-13-26(14-16-27)12-6-9-17-7-2-1-3-8-17/h1-11H,12-16H2,(H,25,28). The summed E-state index contributed by atoms with van der Waals surface area (Å²) in [5, 5.41) is 2.40. The number of halogens is 3. The van der Waals surface area contributed by atoms with Crippen molar-refractivity contribution in [1.29, 1.82) is 0 Å². The summed E-state index contributed by atoms with van der Waals surface area (Å²) in [4.78, 5) is 16.1. The highest BCUT2D eigenvalue weighted by molar-refractivity contribution is 5.90. The Balaban J connectivity index is 1.50. The molecule has 1 aliphatic heterocycles. The van der Waals surface area contributed by atoms with Gasteiger partial charge in [0.25, 0.3) is 0 Å². The molecule has 0 saturated carbocycles.